The minimum absolute atomic E-state index is 0.0495. The molecule has 0 aromatic heterocycles. The Hall–Kier alpha value is -0.490. The molecule has 0 spiro atoms. The first kappa shape index (κ1) is 18.6. The number of benzene rings is 1. The van der Waals surface area contributed by atoms with E-state index in [2.05, 4.69) is 54.0 Å². The molecule has 0 aliphatic carbocycles. The molecule has 120 valence electrons. The third kappa shape index (κ3) is 4.25. The summed E-state index contributed by atoms with van der Waals surface area (Å²) in [5.74, 6) is 5.61. The van der Waals surface area contributed by atoms with Crippen LogP contribution >= 0.6 is 15.9 Å². The van der Waals surface area contributed by atoms with E-state index in [-0.39, 0.29) is 17.4 Å². The van der Waals surface area contributed by atoms with Gasteiger partial charge in [-0.1, -0.05) is 42.8 Å². The van der Waals surface area contributed by atoms with Crippen molar-refractivity contribution < 1.29 is 4.39 Å². The third-order valence-electron chi connectivity index (χ3n) is 4.59. The second-order valence-corrected chi connectivity index (χ2v) is 6.40. The van der Waals surface area contributed by atoms with Crippen LogP contribution in [0.25, 0.3) is 0 Å². The van der Waals surface area contributed by atoms with Gasteiger partial charge >= 0.3 is 0 Å². The topological polar surface area (TPSA) is 41.3 Å². The van der Waals surface area contributed by atoms with Crippen molar-refractivity contribution in [2.24, 2.45) is 5.84 Å². The molecule has 3 N–H and O–H groups in total. The Bertz CT molecular complexity index is 451. The van der Waals surface area contributed by atoms with Crippen molar-refractivity contribution in [1.29, 1.82) is 0 Å². The van der Waals surface area contributed by atoms with Crippen LogP contribution in [0.5, 0.6) is 0 Å². The van der Waals surface area contributed by atoms with Crippen LogP contribution < -0.4 is 11.3 Å². The van der Waals surface area contributed by atoms with Gasteiger partial charge in [0.15, 0.2) is 0 Å². The van der Waals surface area contributed by atoms with Gasteiger partial charge in [-0.15, -0.1) is 0 Å². The Morgan fingerprint density at radius 1 is 1.33 bits per heavy atom. The fraction of sp³-hybridized carbons (Fsp3) is 0.625. The van der Waals surface area contributed by atoms with E-state index in [4.69, 9.17) is 5.84 Å². The van der Waals surface area contributed by atoms with E-state index in [1.807, 2.05) is 6.07 Å². The maximum atomic E-state index is 13.2. The highest BCUT2D eigenvalue weighted by Crippen LogP contribution is 2.28. The van der Waals surface area contributed by atoms with E-state index in [1.165, 1.54) is 12.1 Å². The zero-order valence-electron chi connectivity index (χ0n) is 13.4. The van der Waals surface area contributed by atoms with Gasteiger partial charge in [-0.2, -0.15) is 0 Å². The summed E-state index contributed by atoms with van der Waals surface area (Å²) in [5.41, 5.74) is 3.99. The first-order valence-corrected chi connectivity index (χ1v) is 8.37. The number of nitrogens with one attached hydrogen (secondary N) is 1. The normalized spacial score (nSPS) is 16.0. The Morgan fingerprint density at radius 3 is 2.38 bits per heavy atom. The fourth-order valence-corrected chi connectivity index (χ4v) is 3.51. The van der Waals surface area contributed by atoms with Gasteiger partial charge in [0.05, 0.1) is 0 Å². The van der Waals surface area contributed by atoms with Gasteiger partial charge in [0.1, 0.15) is 5.82 Å². The molecule has 0 aliphatic rings. The van der Waals surface area contributed by atoms with Crippen molar-refractivity contribution in [2.75, 3.05) is 13.1 Å². The van der Waals surface area contributed by atoms with Crippen molar-refractivity contribution in [3.8, 4) is 0 Å². The zero-order chi connectivity index (χ0) is 16.0. The number of nitrogens with zero attached hydrogens (tertiary/aromatic N) is 1. The van der Waals surface area contributed by atoms with Crippen LogP contribution in [0.4, 0.5) is 4.39 Å². The molecule has 0 bridgehead atoms. The summed E-state index contributed by atoms with van der Waals surface area (Å²) in [5, 5.41) is 0. The van der Waals surface area contributed by atoms with Gasteiger partial charge < -0.3 is 0 Å². The molecule has 0 fully saturated rings. The molecule has 0 heterocycles. The van der Waals surface area contributed by atoms with Crippen molar-refractivity contribution in [3.63, 3.8) is 0 Å². The summed E-state index contributed by atoms with van der Waals surface area (Å²) in [6.45, 7) is 10.7. The molecule has 0 aliphatic heterocycles. The summed E-state index contributed by atoms with van der Waals surface area (Å²) >= 11 is 3.44. The molecule has 3 nitrogen and oxygen atoms in total. The van der Waals surface area contributed by atoms with Crippen LogP contribution in [0.15, 0.2) is 22.7 Å². The molecule has 0 amide bonds. The van der Waals surface area contributed by atoms with Gasteiger partial charge in [-0.3, -0.25) is 16.2 Å². The molecule has 0 radical (unpaired) electrons. The maximum absolute atomic E-state index is 13.2. The van der Waals surface area contributed by atoms with E-state index in [0.717, 1.165) is 36.0 Å². The summed E-state index contributed by atoms with van der Waals surface area (Å²) in [7, 11) is 0. The van der Waals surface area contributed by atoms with Gasteiger partial charge in [-0.25, -0.2) is 4.39 Å². The van der Waals surface area contributed by atoms with Gasteiger partial charge in [-0.05, 0) is 50.6 Å². The second kappa shape index (κ2) is 8.22. The summed E-state index contributed by atoms with van der Waals surface area (Å²) in [4.78, 5) is 2.43. The zero-order valence-corrected chi connectivity index (χ0v) is 15.0. The lowest BCUT2D eigenvalue weighted by atomic mass is 9.83. The highest BCUT2D eigenvalue weighted by atomic mass is 79.9. The molecular formula is C16H27BrFN3. The molecule has 0 saturated heterocycles. The van der Waals surface area contributed by atoms with Crippen LogP contribution in [0.3, 0.4) is 0 Å². The molecule has 1 rings (SSSR count). The monoisotopic (exact) mass is 359 g/mol. The lowest BCUT2D eigenvalue weighted by Gasteiger charge is -2.45. The third-order valence-corrected chi connectivity index (χ3v) is 5.33. The standard InChI is InChI=1S/C16H27BrFN3/c1-5-16(4,21(6-2)7-3)15(20-19)10-12-8-9-13(18)11-14(12)17/h8-9,11,15,20H,5-7,10,19H2,1-4H3. The lowest BCUT2D eigenvalue weighted by Crippen LogP contribution is -2.61. The van der Waals surface area contributed by atoms with E-state index in [9.17, 15) is 4.39 Å². The minimum Gasteiger partial charge on any atom is -0.297 e. The van der Waals surface area contributed by atoms with E-state index in [1.54, 1.807) is 0 Å². The number of hydrogen-bond donors (Lipinski definition) is 2. The molecule has 5 heteroatoms. The van der Waals surface area contributed by atoms with Crippen molar-refractivity contribution in [1.82, 2.24) is 10.3 Å². The van der Waals surface area contributed by atoms with E-state index >= 15 is 0 Å². The van der Waals surface area contributed by atoms with Gasteiger partial charge in [0.25, 0.3) is 0 Å². The van der Waals surface area contributed by atoms with E-state index in [0.29, 0.717) is 0 Å². The lowest BCUT2D eigenvalue weighted by molar-refractivity contribution is 0.0700. The fourth-order valence-electron chi connectivity index (χ4n) is 3.00. The van der Waals surface area contributed by atoms with Gasteiger partial charge in [0, 0.05) is 16.1 Å². The van der Waals surface area contributed by atoms with Crippen molar-refractivity contribution in [2.45, 2.75) is 52.1 Å². The predicted octanol–water partition coefficient (Wildman–Crippen LogP) is 3.47. The highest BCUT2D eigenvalue weighted by molar-refractivity contribution is 9.10. The van der Waals surface area contributed by atoms with Crippen LogP contribution in [0.2, 0.25) is 0 Å². The number of hydrogen-bond acceptors (Lipinski definition) is 3. The first-order chi connectivity index (χ1) is 9.92. The van der Waals surface area contributed by atoms with Crippen LogP contribution in [0.1, 0.15) is 39.7 Å². The molecule has 0 saturated carbocycles. The number of halogens is 2. The molecule has 1 aromatic rings. The molecule has 2 atom stereocenters. The van der Waals surface area contributed by atoms with Crippen LogP contribution in [0, 0.1) is 5.82 Å². The molecule has 1 aromatic carbocycles. The van der Waals surface area contributed by atoms with Crippen molar-refractivity contribution >= 4 is 15.9 Å². The highest BCUT2D eigenvalue weighted by Gasteiger charge is 2.36. The average molecular weight is 360 g/mol. The van der Waals surface area contributed by atoms with Gasteiger partial charge in [0.2, 0.25) is 0 Å². The SMILES string of the molecule is CCN(CC)C(C)(CC)C(Cc1ccc(F)cc1Br)NN. The Kier molecular flexibility index (Phi) is 7.27. The Labute approximate surface area is 136 Å². The average Bonchev–Trinajstić information content (AvgIpc) is 2.47. The van der Waals surface area contributed by atoms with Crippen LogP contribution in [-0.4, -0.2) is 29.6 Å². The summed E-state index contributed by atoms with van der Waals surface area (Å²) in [6.07, 6.45) is 1.74. The smallest absolute Gasteiger partial charge is 0.124 e. The van der Waals surface area contributed by atoms with Crippen LogP contribution in [-0.2, 0) is 6.42 Å². The predicted molar refractivity (Wildman–Crippen MR) is 90.5 cm³/mol. The Morgan fingerprint density at radius 2 is 1.95 bits per heavy atom. The van der Waals surface area contributed by atoms with E-state index < -0.39 is 0 Å². The molecule has 2 unspecified atom stereocenters. The maximum Gasteiger partial charge on any atom is 0.124 e. The minimum atomic E-state index is -0.232. The quantitative estimate of drug-likeness (QED) is 0.551. The molecular weight excluding hydrogens is 333 g/mol. The van der Waals surface area contributed by atoms with Crippen molar-refractivity contribution in [3.05, 3.63) is 34.1 Å². The summed E-state index contributed by atoms with van der Waals surface area (Å²) < 4.78 is 14.0. The number of hydrazine groups is 1. The molecule has 21 heavy (non-hydrogen) atoms. The first-order valence-electron chi connectivity index (χ1n) is 7.57. The number of rotatable bonds is 8. The number of likely N-dealkylation sites (N-methyl/N-ethyl adjacent to an activating group) is 1. The summed E-state index contributed by atoms with van der Waals surface area (Å²) in [6, 6.07) is 4.91. The Balaban J connectivity index is 3.04. The second-order valence-electron chi connectivity index (χ2n) is 5.54. The largest absolute Gasteiger partial charge is 0.297 e. The number of nitrogens with two attached hydrogens (primary N) is 1.